The van der Waals surface area contributed by atoms with Crippen LogP contribution >= 0.6 is 15.9 Å². The first-order chi connectivity index (χ1) is 20.3. The topological polar surface area (TPSA) is 147 Å². The summed E-state index contributed by atoms with van der Waals surface area (Å²) >= 11 is 3.53. The van der Waals surface area contributed by atoms with E-state index in [-0.39, 0.29) is 30.5 Å². The fourth-order valence-corrected chi connectivity index (χ4v) is 6.02. The van der Waals surface area contributed by atoms with Crippen molar-refractivity contribution in [3.8, 4) is 11.8 Å². The molecule has 0 spiro atoms. The zero-order chi connectivity index (χ0) is 32.2. The number of nitrogen functional groups attached to an aromatic ring is 1. The molecule has 0 aliphatic carbocycles. The highest BCUT2D eigenvalue weighted by Crippen LogP contribution is 2.40. The number of nitrogens with zero attached hydrogens (tertiary/aromatic N) is 3. The maximum atomic E-state index is 13.3. The van der Waals surface area contributed by atoms with Crippen molar-refractivity contribution in [3.05, 3.63) is 34.3 Å². The Hall–Kier alpha value is -3.20. The van der Waals surface area contributed by atoms with Gasteiger partial charge in [-0.25, -0.2) is 0 Å². The Balaban J connectivity index is 2.56. The average Bonchev–Trinajstić information content (AvgIpc) is 2.91. The van der Waals surface area contributed by atoms with Gasteiger partial charge < -0.3 is 30.9 Å². The number of aliphatic hydroxyl groups excluding tert-OH is 2. The van der Waals surface area contributed by atoms with Crippen molar-refractivity contribution in [2.24, 2.45) is 11.3 Å². The third-order valence-corrected chi connectivity index (χ3v) is 7.54. The van der Waals surface area contributed by atoms with Gasteiger partial charge in [-0.2, -0.15) is 5.26 Å². The van der Waals surface area contributed by atoms with Gasteiger partial charge in [-0.05, 0) is 77.6 Å². The quantitative estimate of drug-likeness (QED) is 0.0768. The number of halogens is 1. The highest BCUT2D eigenvalue weighted by molar-refractivity contribution is 9.10. The molecule has 0 aliphatic rings. The highest BCUT2D eigenvalue weighted by Gasteiger charge is 2.22. The van der Waals surface area contributed by atoms with Gasteiger partial charge in [-0.1, -0.05) is 27.7 Å². The largest absolute Gasteiger partial charge is 0.495 e. The van der Waals surface area contributed by atoms with Crippen molar-refractivity contribution in [1.82, 2.24) is 0 Å². The first-order valence-corrected chi connectivity index (χ1v) is 15.6. The fraction of sp³-hybridized carbons (Fsp3) is 0.562. The van der Waals surface area contributed by atoms with Crippen LogP contribution in [-0.2, 0) is 4.79 Å². The van der Waals surface area contributed by atoms with E-state index in [0.29, 0.717) is 70.9 Å². The second-order valence-corrected chi connectivity index (χ2v) is 13.1. The summed E-state index contributed by atoms with van der Waals surface area (Å²) in [6.45, 7) is 10.2. The number of carbonyl (C=O) groups is 1. The van der Waals surface area contributed by atoms with Gasteiger partial charge in [0.05, 0.1) is 35.4 Å². The molecule has 2 aromatic carbocycles. The molecule has 11 heteroatoms. The molecule has 2 rings (SSSR count). The van der Waals surface area contributed by atoms with Crippen molar-refractivity contribution >= 4 is 50.3 Å². The Morgan fingerprint density at radius 1 is 1.09 bits per heavy atom. The van der Waals surface area contributed by atoms with Crippen LogP contribution in [0.25, 0.3) is 0 Å². The van der Waals surface area contributed by atoms with E-state index >= 15 is 0 Å². The lowest BCUT2D eigenvalue weighted by molar-refractivity contribution is -0.117. The number of hydrogen-bond donors (Lipinski definition) is 5. The molecule has 1 amide bonds. The van der Waals surface area contributed by atoms with Gasteiger partial charge in [0.15, 0.2) is 0 Å². The molecule has 0 radical (unpaired) electrons. The van der Waals surface area contributed by atoms with Crippen molar-refractivity contribution in [2.45, 2.75) is 66.2 Å². The first kappa shape index (κ1) is 36.0. The van der Waals surface area contributed by atoms with Crippen LogP contribution in [0.15, 0.2) is 28.7 Å². The summed E-state index contributed by atoms with van der Waals surface area (Å²) in [4.78, 5) is 15.5. The van der Waals surface area contributed by atoms with E-state index < -0.39 is 0 Å². The molecule has 0 bridgehead atoms. The van der Waals surface area contributed by atoms with Gasteiger partial charge in [0.2, 0.25) is 5.91 Å². The summed E-state index contributed by atoms with van der Waals surface area (Å²) in [6.07, 6.45) is 4.15. The van der Waals surface area contributed by atoms with Crippen molar-refractivity contribution in [3.63, 3.8) is 0 Å². The number of hydrazine groups is 1. The lowest BCUT2D eigenvalue weighted by Crippen LogP contribution is -2.29. The number of carbonyl (C=O) groups excluding carboxylic acids is 1. The van der Waals surface area contributed by atoms with Crippen LogP contribution in [0.1, 0.15) is 71.8 Å². The Morgan fingerprint density at radius 3 is 2.26 bits per heavy atom. The SMILES string of the molecule is COc1cc(NN(C)c2c(Br)cc(N)cc2C#N)c(NC(=O)CC(C)CC(C)(C)C)cc1N(CCCCO)CCCCO. The third kappa shape index (κ3) is 11.4. The normalized spacial score (nSPS) is 11.9. The molecule has 6 N–H and O–H groups in total. The van der Waals surface area contributed by atoms with Crippen LogP contribution < -0.4 is 31.1 Å². The van der Waals surface area contributed by atoms with Crippen LogP contribution in [0.2, 0.25) is 0 Å². The van der Waals surface area contributed by atoms with Gasteiger partial charge in [-0.15, -0.1) is 0 Å². The lowest BCUT2D eigenvalue weighted by atomic mass is 9.84. The molecular formula is C32H49BrN6O4. The number of aliphatic hydroxyl groups is 2. The third-order valence-electron chi connectivity index (χ3n) is 6.93. The predicted octanol–water partition coefficient (Wildman–Crippen LogP) is 6.13. The first-order valence-electron chi connectivity index (χ1n) is 14.8. The molecule has 10 nitrogen and oxygen atoms in total. The fourth-order valence-electron chi connectivity index (χ4n) is 5.27. The van der Waals surface area contributed by atoms with E-state index in [1.54, 1.807) is 31.3 Å². The summed E-state index contributed by atoms with van der Waals surface area (Å²) in [5, 5.41) is 33.4. The van der Waals surface area contributed by atoms with E-state index in [0.717, 1.165) is 24.9 Å². The zero-order valence-electron chi connectivity index (χ0n) is 26.5. The van der Waals surface area contributed by atoms with Gasteiger partial charge >= 0.3 is 0 Å². The molecule has 0 aliphatic heterocycles. The average molecular weight is 662 g/mol. The second kappa shape index (κ2) is 17.2. The second-order valence-electron chi connectivity index (χ2n) is 12.2. The van der Waals surface area contributed by atoms with Gasteiger partial charge in [0.1, 0.15) is 11.8 Å². The molecule has 43 heavy (non-hydrogen) atoms. The monoisotopic (exact) mass is 660 g/mol. The van der Waals surface area contributed by atoms with Crippen LogP contribution in [0.4, 0.5) is 28.4 Å². The summed E-state index contributed by atoms with van der Waals surface area (Å²) in [5.74, 6) is 0.686. The minimum atomic E-state index is -0.0999. The molecule has 1 atom stereocenters. The molecule has 2 aromatic rings. The minimum absolute atomic E-state index is 0.0999. The molecule has 0 saturated heterocycles. The maximum Gasteiger partial charge on any atom is 0.224 e. The standard InChI is InChI=1S/C32H49BrN6O4/c1-22(20-32(2,3)4)15-30(42)36-26-18-28(39(11-7-9-13-40)12-8-10-14-41)29(43-6)19-27(26)37-38(5)31-23(21-34)16-24(35)17-25(31)33/h16-19,22,37,40-41H,7-15,20,35H2,1-6H3,(H,36,42). The van der Waals surface area contributed by atoms with Crippen LogP contribution in [0, 0.1) is 22.7 Å². The van der Waals surface area contributed by atoms with Crippen LogP contribution in [-0.4, -0.2) is 56.6 Å². The Morgan fingerprint density at radius 2 is 1.72 bits per heavy atom. The number of unbranched alkanes of at least 4 members (excludes halogenated alkanes) is 2. The summed E-state index contributed by atoms with van der Waals surface area (Å²) in [5.41, 5.74) is 12.8. The molecule has 238 valence electrons. The van der Waals surface area contributed by atoms with Gasteiger partial charge in [0.25, 0.3) is 0 Å². The highest BCUT2D eigenvalue weighted by atomic mass is 79.9. The van der Waals surface area contributed by atoms with Crippen LogP contribution in [0.3, 0.4) is 0 Å². The van der Waals surface area contributed by atoms with E-state index in [2.05, 4.69) is 65.3 Å². The predicted molar refractivity (Wildman–Crippen MR) is 180 cm³/mol. The van der Waals surface area contributed by atoms with Gasteiger partial charge in [0, 0.05) is 56.0 Å². The summed E-state index contributed by atoms with van der Waals surface area (Å²) in [7, 11) is 3.38. The molecule has 0 aromatic heterocycles. The summed E-state index contributed by atoms with van der Waals surface area (Å²) in [6, 6.07) is 9.28. The van der Waals surface area contributed by atoms with E-state index in [4.69, 9.17) is 10.5 Å². The summed E-state index contributed by atoms with van der Waals surface area (Å²) < 4.78 is 6.48. The molecule has 0 heterocycles. The molecule has 0 fully saturated rings. The lowest BCUT2D eigenvalue weighted by Gasteiger charge is -2.30. The Bertz CT molecular complexity index is 1230. The number of ether oxygens (including phenoxy) is 1. The number of anilines is 5. The number of benzene rings is 2. The van der Waals surface area contributed by atoms with E-state index in [9.17, 15) is 20.3 Å². The zero-order valence-corrected chi connectivity index (χ0v) is 28.1. The van der Waals surface area contributed by atoms with Crippen molar-refractivity contribution in [1.29, 1.82) is 5.26 Å². The van der Waals surface area contributed by atoms with E-state index in [1.165, 1.54) is 0 Å². The number of amides is 1. The molecular weight excluding hydrogens is 612 g/mol. The smallest absolute Gasteiger partial charge is 0.224 e. The van der Waals surface area contributed by atoms with Gasteiger partial charge in [-0.3, -0.25) is 15.2 Å². The Labute approximate surface area is 265 Å². The minimum Gasteiger partial charge on any atom is -0.495 e. The van der Waals surface area contributed by atoms with Crippen LogP contribution in [0.5, 0.6) is 5.75 Å². The number of rotatable bonds is 17. The number of nitrogens with one attached hydrogen (secondary N) is 2. The van der Waals surface area contributed by atoms with E-state index in [1.807, 2.05) is 12.1 Å². The molecule has 1 unspecified atom stereocenters. The maximum absolute atomic E-state index is 13.3. The Kier molecular flexibility index (Phi) is 14.4. The molecule has 0 saturated carbocycles. The van der Waals surface area contributed by atoms with Crippen molar-refractivity contribution < 1.29 is 19.7 Å². The number of hydrogen-bond acceptors (Lipinski definition) is 9. The number of nitrogens with two attached hydrogens (primary N) is 1. The number of methoxy groups -OCH3 is 1. The van der Waals surface area contributed by atoms with Crippen molar-refractivity contribution in [2.75, 3.05) is 66.8 Å². The number of nitriles is 1.